The predicted molar refractivity (Wildman–Crippen MR) is 146 cm³/mol. The van der Waals surface area contributed by atoms with Crippen molar-refractivity contribution < 1.29 is 19.1 Å². The molecular formula is C30H35N3O4. The lowest BCUT2D eigenvalue weighted by atomic mass is 10.0. The Bertz CT molecular complexity index is 1210. The van der Waals surface area contributed by atoms with Crippen LogP contribution in [0.25, 0.3) is 11.1 Å². The minimum absolute atomic E-state index is 0.0708. The van der Waals surface area contributed by atoms with Gasteiger partial charge >= 0.3 is 0 Å². The molecule has 0 saturated carbocycles. The Labute approximate surface area is 218 Å². The van der Waals surface area contributed by atoms with E-state index in [1.54, 1.807) is 49.4 Å². The normalized spacial score (nSPS) is 20.7. The van der Waals surface area contributed by atoms with Crippen LogP contribution in [0.1, 0.15) is 34.6 Å². The van der Waals surface area contributed by atoms with Gasteiger partial charge in [0.2, 0.25) is 0 Å². The molecule has 3 aromatic carbocycles. The van der Waals surface area contributed by atoms with Gasteiger partial charge in [-0.15, -0.1) is 0 Å². The first-order valence-corrected chi connectivity index (χ1v) is 12.6. The van der Waals surface area contributed by atoms with Crippen LogP contribution in [-0.4, -0.2) is 62.7 Å². The molecule has 2 N–H and O–H groups in total. The molecule has 0 fully saturated rings. The molecule has 194 valence electrons. The number of hydrogen-bond acceptors (Lipinski definition) is 5. The van der Waals surface area contributed by atoms with Crippen molar-refractivity contribution in [3.8, 4) is 16.9 Å². The summed E-state index contributed by atoms with van der Waals surface area (Å²) in [4.78, 5) is 27.9. The quantitative estimate of drug-likeness (QED) is 0.542. The number of likely N-dealkylation sites (N-methyl/N-ethyl adjacent to an activating group) is 1. The zero-order valence-corrected chi connectivity index (χ0v) is 21.9. The highest BCUT2D eigenvalue weighted by atomic mass is 16.5. The van der Waals surface area contributed by atoms with E-state index in [0.717, 1.165) is 17.7 Å². The summed E-state index contributed by atoms with van der Waals surface area (Å²) < 4.78 is 11.8. The van der Waals surface area contributed by atoms with Gasteiger partial charge in [-0.05, 0) is 48.2 Å². The summed E-state index contributed by atoms with van der Waals surface area (Å²) in [5, 5.41) is 6.41. The minimum atomic E-state index is -0.233. The van der Waals surface area contributed by atoms with Gasteiger partial charge in [0.05, 0.1) is 11.7 Å². The number of carbonyl (C=O) groups is 2. The van der Waals surface area contributed by atoms with Crippen molar-refractivity contribution in [3.05, 3.63) is 83.9 Å². The number of methoxy groups -OCH3 is 1. The van der Waals surface area contributed by atoms with Gasteiger partial charge in [-0.2, -0.15) is 0 Å². The fraction of sp³-hybridized carbons (Fsp3) is 0.333. The first-order chi connectivity index (χ1) is 17.9. The van der Waals surface area contributed by atoms with Crippen LogP contribution in [0.3, 0.4) is 0 Å². The van der Waals surface area contributed by atoms with Crippen LogP contribution in [0.2, 0.25) is 0 Å². The zero-order chi connectivity index (χ0) is 26.4. The summed E-state index contributed by atoms with van der Waals surface area (Å²) in [5.41, 5.74) is 3.68. The number of hydrogen-bond donors (Lipinski definition) is 2. The highest BCUT2D eigenvalue weighted by Gasteiger charge is 2.25. The third kappa shape index (κ3) is 6.56. The van der Waals surface area contributed by atoms with E-state index >= 15 is 0 Å². The van der Waals surface area contributed by atoms with Crippen LogP contribution >= 0.6 is 0 Å². The molecule has 0 unspecified atom stereocenters. The molecule has 0 aromatic heterocycles. The standard InChI is InChI=1S/C30H35N3O4/c1-20-17-31-21(2)19-37-27-16-25(14-15-26(27)30(35)33(3)18-28(20)36-4)32-29(34)24-12-10-23(11-13-24)22-8-6-5-7-9-22/h5-16,20-21,28,31H,17-19H2,1-4H3,(H,32,34)/t20-,21-,28+/m0/s1. The third-order valence-corrected chi connectivity index (χ3v) is 6.74. The number of amides is 2. The summed E-state index contributed by atoms with van der Waals surface area (Å²) in [7, 11) is 3.44. The highest BCUT2D eigenvalue weighted by molar-refractivity contribution is 6.05. The maximum atomic E-state index is 13.3. The fourth-order valence-corrected chi connectivity index (χ4v) is 4.38. The van der Waals surface area contributed by atoms with E-state index in [-0.39, 0.29) is 29.9 Å². The van der Waals surface area contributed by atoms with Crippen LogP contribution in [0.5, 0.6) is 5.75 Å². The Hall–Kier alpha value is -3.68. The van der Waals surface area contributed by atoms with Crippen molar-refractivity contribution in [1.82, 2.24) is 10.2 Å². The number of anilines is 1. The molecule has 0 spiro atoms. The number of rotatable bonds is 4. The van der Waals surface area contributed by atoms with E-state index in [9.17, 15) is 9.59 Å². The van der Waals surface area contributed by atoms with Crippen molar-refractivity contribution in [2.45, 2.75) is 26.0 Å². The van der Waals surface area contributed by atoms with Crippen LogP contribution in [0.15, 0.2) is 72.8 Å². The summed E-state index contributed by atoms with van der Waals surface area (Å²) in [5.74, 6) is 0.272. The summed E-state index contributed by atoms with van der Waals surface area (Å²) in [6.45, 7) is 5.74. The molecule has 3 aromatic rings. The number of nitrogens with zero attached hydrogens (tertiary/aromatic N) is 1. The van der Waals surface area contributed by atoms with Crippen molar-refractivity contribution in [2.75, 3.05) is 39.2 Å². The Morgan fingerprint density at radius 2 is 1.73 bits per heavy atom. The molecular weight excluding hydrogens is 466 g/mol. The molecule has 1 aliphatic heterocycles. The van der Waals surface area contributed by atoms with Crippen molar-refractivity contribution in [1.29, 1.82) is 0 Å². The molecule has 1 heterocycles. The second-order valence-corrected chi connectivity index (χ2v) is 9.67. The van der Waals surface area contributed by atoms with Crippen molar-refractivity contribution >= 4 is 17.5 Å². The average Bonchev–Trinajstić information content (AvgIpc) is 2.93. The average molecular weight is 502 g/mol. The SMILES string of the molecule is CO[C@@H]1CN(C)C(=O)c2ccc(NC(=O)c3ccc(-c4ccccc4)cc3)cc2OC[C@H](C)NC[C@@H]1C. The highest BCUT2D eigenvalue weighted by Crippen LogP contribution is 2.27. The number of carbonyl (C=O) groups excluding carboxylic acids is 2. The molecule has 0 bridgehead atoms. The summed E-state index contributed by atoms with van der Waals surface area (Å²) >= 11 is 0. The lowest BCUT2D eigenvalue weighted by molar-refractivity contribution is 0.0281. The van der Waals surface area contributed by atoms with E-state index in [1.165, 1.54) is 0 Å². The number of nitrogens with one attached hydrogen (secondary N) is 2. The lowest BCUT2D eigenvalue weighted by Gasteiger charge is -2.30. The Balaban J connectivity index is 1.53. The van der Waals surface area contributed by atoms with Gasteiger partial charge in [0.1, 0.15) is 12.4 Å². The van der Waals surface area contributed by atoms with Gasteiger partial charge in [0, 0.05) is 50.6 Å². The maximum Gasteiger partial charge on any atom is 0.257 e. The van der Waals surface area contributed by atoms with E-state index in [1.807, 2.05) is 49.4 Å². The molecule has 37 heavy (non-hydrogen) atoms. The predicted octanol–water partition coefficient (Wildman–Crippen LogP) is 4.70. The molecule has 0 radical (unpaired) electrons. The first kappa shape index (κ1) is 26.4. The maximum absolute atomic E-state index is 13.3. The molecule has 0 aliphatic carbocycles. The van der Waals surface area contributed by atoms with Gasteiger partial charge in [0.15, 0.2) is 0 Å². The molecule has 7 nitrogen and oxygen atoms in total. The second kappa shape index (κ2) is 12.0. The van der Waals surface area contributed by atoms with Gasteiger partial charge < -0.3 is 25.0 Å². The van der Waals surface area contributed by atoms with E-state index in [0.29, 0.717) is 35.7 Å². The second-order valence-electron chi connectivity index (χ2n) is 9.67. The number of ether oxygens (including phenoxy) is 2. The van der Waals surface area contributed by atoms with Crippen molar-refractivity contribution in [2.24, 2.45) is 5.92 Å². The Morgan fingerprint density at radius 1 is 1.03 bits per heavy atom. The van der Waals surface area contributed by atoms with E-state index < -0.39 is 0 Å². The molecule has 1 aliphatic rings. The molecule has 0 saturated heterocycles. The summed E-state index contributed by atoms with van der Waals surface area (Å²) in [6, 6.07) is 22.7. The summed E-state index contributed by atoms with van der Waals surface area (Å²) in [6.07, 6.45) is -0.0933. The minimum Gasteiger partial charge on any atom is -0.491 e. The van der Waals surface area contributed by atoms with E-state index in [4.69, 9.17) is 9.47 Å². The molecule has 3 atom stereocenters. The van der Waals surface area contributed by atoms with Crippen LogP contribution in [0.4, 0.5) is 5.69 Å². The number of benzene rings is 3. The third-order valence-electron chi connectivity index (χ3n) is 6.74. The molecule has 4 rings (SSSR count). The van der Waals surface area contributed by atoms with Crippen molar-refractivity contribution in [3.63, 3.8) is 0 Å². The van der Waals surface area contributed by atoms with E-state index in [2.05, 4.69) is 17.6 Å². The Kier molecular flexibility index (Phi) is 8.58. The topological polar surface area (TPSA) is 79.9 Å². The smallest absolute Gasteiger partial charge is 0.257 e. The first-order valence-electron chi connectivity index (χ1n) is 12.6. The van der Waals surface area contributed by atoms with Crippen LogP contribution in [0, 0.1) is 5.92 Å². The van der Waals surface area contributed by atoms with Gasteiger partial charge in [-0.3, -0.25) is 9.59 Å². The van der Waals surface area contributed by atoms with Gasteiger partial charge in [0.25, 0.3) is 11.8 Å². The lowest BCUT2D eigenvalue weighted by Crippen LogP contribution is -2.44. The zero-order valence-electron chi connectivity index (χ0n) is 21.9. The fourth-order valence-electron chi connectivity index (χ4n) is 4.38. The molecule has 2 amide bonds. The largest absolute Gasteiger partial charge is 0.491 e. The molecule has 7 heteroatoms. The van der Waals surface area contributed by atoms with Gasteiger partial charge in [-0.25, -0.2) is 0 Å². The number of fused-ring (bicyclic) bond motifs is 1. The van der Waals surface area contributed by atoms with Gasteiger partial charge in [-0.1, -0.05) is 49.4 Å². The van der Waals surface area contributed by atoms with Crippen LogP contribution < -0.4 is 15.4 Å². The monoisotopic (exact) mass is 501 g/mol. The Morgan fingerprint density at radius 3 is 2.43 bits per heavy atom. The van der Waals surface area contributed by atoms with Crippen LogP contribution in [-0.2, 0) is 4.74 Å².